The number of benzene rings is 2. The Balaban J connectivity index is 2.26. The Morgan fingerprint density at radius 2 is 1.67 bits per heavy atom. The molecule has 0 atom stereocenters. The van der Waals surface area contributed by atoms with E-state index in [1.807, 2.05) is 18.2 Å². The van der Waals surface area contributed by atoms with Gasteiger partial charge in [-0.15, -0.1) is 0 Å². The van der Waals surface area contributed by atoms with Crippen molar-refractivity contribution in [1.82, 2.24) is 0 Å². The predicted molar refractivity (Wildman–Crippen MR) is 81.9 cm³/mol. The Kier molecular flexibility index (Phi) is 4.38. The van der Waals surface area contributed by atoms with Crippen molar-refractivity contribution in [3.05, 3.63) is 65.2 Å². The van der Waals surface area contributed by atoms with Crippen LogP contribution in [-0.4, -0.2) is 17.0 Å². The zero-order valence-electron chi connectivity index (χ0n) is 12.0. The van der Waals surface area contributed by atoms with Crippen molar-refractivity contribution in [2.45, 2.75) is 19.8 Å². The fraction of sp³-hybridized carbons (Fsp3) is 0.176. The molecule has 21 heavy (non-hydrogen) atoms. The van der Waals surface area contributed by atoms with Crippen LogP contribution in [0.15, 0.2) is 48.5 Å². The van der Waals surface area contributed by atoms with Gasteiger partial charge in [0.25, 0.3) is 5.91 Å². The average Bonchev–Trinajstić information content (AvgIpc) is 2.47. The lowest BCUT2D eigenvalue weighted by Crippen LogP contribution is -2.16. The molecule has 0 aromatic heterocycles. The van der Waals surface area contributed by atoms with E-state index in [1.165, 1.54) is 12.1 Å². The van der Waals surface area contributed by atoms with Crippen LogP contribution in [0.1, 0.15) is 46.0 Å². The van der Waals surface area contributed by atoms with Crippen molar-refractivity contribution < 1.29 is 14.7 Å². The van der Waals surface area contributed by atoms with Gasteiger partial charge < -0.3 is 10.4 Å². The molecule has 4 heteroatoms. The molecule has 0 heterocycles. The summed E-state index contributed by atoms with van der Waals surface area (Å²) in [7, 11) is 0. The Morgan fingerprint density at radius 1 is 1.00 bits per heavy atom. The summed E-state index contributed by atoms with van der Waals surface area (Å²) in [6.07, 6.45) is 0. The highest BCUT2D eigenvalue weighted by Gasteiger charge is 2.15. The van der Waals surface area contributed by atoms with Gasteiger partial charge in [-0.3, -0.25) is 4.79 Å². The first-order valence-electron chi connectivity index (χ1n) is 6.72. The minimum Gasteiger partial charge on any atom is -0.478 e. The van der Waals surface area contributed by atoms with Gasteiger partial charge in [0, 0.05) is 5.69 Å². The van der Waals surface area contributed by atoms with E-state index < -0.39 is 11.9 Å². The number of rotatable bonds is 4. The van der Waals surface area contributed by atoms with Crippen LogP contribution in [0, 0.1) is 0 Å². The summed E-state index contributed by atoms with van der Waals surface area (Å²) in [6.45, 7) is 4.14. The molecule has 2 N–H and O–H groups in total. The third-order valence-corrected chi connectivity index (χ3v) is 3.21. The maximum Gasteiger partial charge on any atom is 0.336 e. The fourth-order valence-corrected chi connectivity index (χ4v) is 2.04. The summed E-state index contributed by atoms with van der Waals surface area (Å²) in [5.74, 6) is -1.18. The first kappa shape index (κ1) is 14.8. The quantitative estimate of drug-likeness (QED) is 0.897. The molecular weight excluding hydrogens is 266 g/mol. The summed E-state index contributed by atoms with van der Waals surface area (Å²) < 4.78 is 0. The predicted octanol–water partition coefficient (Wildman–Crippen LogP) is 3.76. The van der Waals surface area contributed by atoms with Crippen molar-refractivity contribution in [1.29, 1.82) is 0 Å². The minimum atomic E-state index is -1.11. The average molecular weight is 283 g/mol. The smallest absolute Gasteiger partial charge is 0.336 e. The number of nitrogens with one attached hydrogen (secondary N) is 1. The van der Waals surface area contributed by atoms with E-state index in [0.29, 0.717) is 11.6 Å². The Bertz CT molecular complexity index is 677. The van der Waals surface area contributed by atoms with Gasteiger partial charge in [-0.1, -0.05) is 38.1 Å². The molecule has 2 rings (SSSR count). The number of aromatic carboxylic acids is 1. The molecule has 108 valence electrons. The standard InChI is InChI=1S/C17H17NO3/c1-11(2)12-6-5-7-13(10-12)18-16(19)14-8-3-4-9-15(14)17(20)21/h3-11H,1-2H3,(H,18,19)(H,20,21). The summed E-state index contributed by atoms with van der Waals surface area (Å²) in [6, 6.07) is 13.7. The van der Waals surface area contributed by atoms with E-state index in [-0.39, 0.29) is 11.1 Å². The van der Waals surface area contributed by atoms with Gasteiger partial charge in [0.1, 0.15) is 0 Å². The number of carboxylic acids is 1. The van der Waals surface area contributed by atoms with Crippen LogP contribution in [0.5, 0.6) is 0 Å². The number of amides is 1. The molecule has 2 aromatic carbocycles. The van der Waals surface area contributed by atoms with Gasteiger partial charge in [-0.2, -0.15) is 0 Å². The summed E-state index contributed by atoms with van der Waals surface area (Å²) in [5.41, 5.74) is 1.92. The summed E-state index contributed by atoms with van der Waals surface area (Å²) >= 11 is 0. The Hall–Kier alpha value is -2.62. The minimum absolute atomic E-state index is 0.00462. The second-order valence-electron chi connectivity index (χ2n) is 5.09. The monoisotopic (exact) mass is 283 g/mol. The zero-order valence-corrected chi connectivity index (χ0v) is 12.0. The van der Waals surface area contributed by atoms with E-state index in [9.17, 15) is 9.59 Å². The van der Waals surface area contributed by atoms with E-state index >= 15 is 0 Å². The molecular formula is C17H17NO3. The first-order valence-corrected chi connectivity index (χ1v) is 6.72. The largest absolute Gasteiger partial charge is 0.478 e. The van der Waals surface area contributed by atoms with E-state index in [2.05, 4.69) is 19.2 Å². The summed E-state index contributed by atoms with van der Waals surface area (Å²) in [4.78, 5) is 23.4. The molecule has 0 unspecified atom stereocenters. The van der Waals surface area contributed by atoms with Gasteiger partial charge in [0.05, 0.1) is 11.1 Å². The lowest BCUT2D eigenvalue weighted by molar-refractivity contribution is 0.0692. The molecule has 0 aliphatic rings. The molecule has 0 aliphatic heterocycles. The molecule has 0 radical (unpaired) electrons. The van der Waals surface area contributed by atoms with Gasteiger partial charge >= 0.3 is 5.97 Å². The van der Waals surface area contributed by atoms with Gasteiger partial charge in [-0.25, -0.2) is 4.79 Å². The number of anilines is 1. The maximum absolute atomic E-state index is 12.2. The molecule has 4 nitrogen and oxygen atoms in total. The van der Waals surface area contributed by atoms with Crippen LogP contribution >= 0.6 is 0 Å². The molecule has 0 bridgehead atoms. The van der Waals surface area contributed by atoms with Crippen LogP contribution in [0.25, 0.3) is 0 Å². The zero-order chi connectivity index (χ0) is 15.4. The number of hydrogen-bond donors (Lipinski definition) is 2. The number of carbonyl (C=O) groups excluding carboxylic acids is 1. The SMILES string of the molecule is CC(C)c1cccc(NC(=O)c2ccccc2C(=O)O)c1. The second-order valence-corrected chi connectivity index (χ2v) is 5.09. The van der Waals surface area contributed by atoms with Gasteiger partial charge in [-0.05, 0) is 35.7 Å². The third-order valence-electron chi connectivity index (χ3n) is 3.21. The van der Waals surface area contributed by atoms with Crippen molar-refractivity contribution >= 4 is 17.6 Å². The maximum atomic E-state index is 12.2. The highest BCUT2D eigenvalue weighted by atomic mass is 16.4. The van der Waals surface area contributed by atoms with Crippen LogP contribution in [-0.2, 0) is 0 Å². The molecule has 0 fully saturated rings. The number of carbonyl (C=O) groups is 2. The number of carboxylic acid groups (broad SMARTS) is 1. The van der Waals surface area contributed by atoms with Crippen LogP contribution < -0.4 is 5.32 Å². The lowest BCUT2D eigenvalue weighted by atomic mass is 10.0. The van der Waals surface area contributed by atoms with Crippen molar-refractivity contribution in [2.24, 2.45) is 0 Å². The van der Waals surface area contributed by atoms with Crippen LogP contribution in [0.3, 0.4) is 0 Å². The van der Waals surface area contributed by atoms with Crippen LogP contribution in [0.2, 0.25) is 0 Å². The molecule has 0 saturated heterocycles. The van der Waals surface area contributed by atoms with Crippen molar-refractivity contribution in [3.63, 3.8) is 0 Å². The highest BCUT2D eigenvalue weighted by Crippen LogP contribution is 2.19. The normalized spacial score (nSPS) is 10.4. The molecule has 0 aliphatic carbocycles. The van der Waals surface area contributed by atoms with E-state index in [0.717, 1.165) is 5.56 Å². The number of hydrogen-bond acceptors (Lipinski definition) is 2. The highest BCUT2D eigenvalue weighted by molar-refractivity contribution is 6.10. The van der Waals surface area contributed by atoms with Crippen molar-refractivity contribution in [2.75, 3.05) is 5.32 Å². The van der Waals surface area contributed by atoms with Gasteiger partial charge in [0.2, 0.25) is 0 Å². The Morgan fingerprint density at radius 3 is 2.29 bits per heavy atom. The second kappa shape index (κ2) is 6.22. The Labute approximate surface area is 123 Å². The van der Waals surface area contributed by atoms with Crippen LogP contribution in [0.4, 0.5) is 5.69 Å². The van der Waals surface area contributed by atoms with Crippen molar-refractivity contribution in [3.8, 4) is 0 Å². The van der Waals surface area contributed by atoms with Gasteiger partial charge in [0.15, 0.2) is 0 Å². The molecule has 0 saturated carbocycles. The first-order chi connectivity index (χ1) is 9.99. The molecule has 0 spiro atoms. The van der Waals surface area contributed by atoms with E-state index in [1.54, 1.807) is 18.2 Å². The fourth-order valence-electron chi connectivity index (χ4n) is 2.04. The molecule has 2 aromatic rings. The molecule has 1 amide bonds. The summed E-state index contributed by atoms with van der Waals surface area (Å²) in [5, 5.41) is 11.9. The topological polar surface area (TPSA) is 66.4 Å². The lowest BCUT2D eigenvalue weighted by Gasteiger charge is -2.10. The van der Waals surface area contributed by atoms with E-state index in [4.69, 9.17) is 5.11 Å². The third kappa shape index (κ3) is 3.48.